The Hall–Kier alpha value is -1.58. The van der Waals surface area contributed by atoms with Gasteiger partial charge in [-0.1, -0.05) is 12.8 Å². The predicted octanol–water partition coefficient (Wildman–Crippen LogP) is 1.93. The van der Waals surface area contributed by atoms with E-state index < -0.39 is 0 Å². The Morgan fingerprint density at radius 2 is 2.18 bits per heavy atom. The molecule has 92 valence electrons. The number of amides is 1. The highest BCUT2D eigenvalue weighted by Gasteiger charge is 2.20. The quantitative estimate of drug-likeness (QED) is 0.867. The maximum atomic E-state index is 12.1. The molecule has 4 nitrogen and oxygen atoms in total. The number of nitrogens with two attached hydrogens (primary N) is 1. The molecule has 2 N–H and O–H groups in total. The molecular formula is C13H19N3O. The molecule has 1 amide bonds. The molecule has 1 fully saturated rings. The minimum atomic E-state index is 0.0319. The molecule has 1 heterocycles. The van der Waals surface area contributed by atoms with Crippen molar-refractivity contribution >= 4 is 11.7 Å². The number of anilines is 1. The number of carbonyl (C=O) groups excluding carboxylic acids is 1. The van der Waals surface area contributed by atoms with Crippen LogP contribution in [0.3, 0.4) is 0 Å². The number of pyridine rings is 1. The molecule has 1 saturated carbocycles. The summed E-state index contributed by atoms with van der Waals surface area (Å²) >= 11 is 0. The fraction of sp³-hybridized carbons (Fsp3) is 0.538. The first-order chi connectivity index (χ1) is 8.16. The number of rotatable bonds is 3. The molecule has 0 radical (unpaired) electrons. The number of carbonyl (C=O) groups is 1. The third-order valence-corrected chi connectivity index (χ3v) is 3.39. The van der Waals surface area contributed by atoms with Gasteiger partial charge in [0.15, 0.2) is 0 Å². The molecule has 0 atom stereocenters. The minimum Gasteiger partial charge on any atom is -0.384 e. The summed E-state index contributed by atoms with van der Waals surface area (Å²) in [5, 5.41) is 0. The zero-order valence-corrected chi connectivity index (χ0v) is 10.2. The van der Waals surface area contributed by atoms with Crippen LogP contribution in [0, 0.1) is 5.92 Å². The summed E-state index contributed by atoms with van der Waals surface area (Å²) in [6, 6.07) is 3.40. The molecule has 0 bridgehead atoms. The molecule has 1 aliphatic rings. The highest BCUT2D eigenvalue weighted by molar-refractivity contribution is 5.93. The second kappa shape index (κ2) is 5.17. The van der Waals surface area contributed by atoms with Crippen LogP contribution in [-0.4, -0.2) is 29.4 Å². The van der Waals surface area contributed by atoms with Crippen molar-refractivity contribution in [3.05, 3.63) is 23.9 Å². The normalized spacial score (nSPS) is 16.1. The lowest BCUT2D eigenvalue weighted by molar-refractivity contribution is 0.0773. The zero-order valence-electron chi connectivity index (χ0n) is 10.2. The molecule has 17 heavy (non-hydrogen) atoms. The van der Waals surface area contributed by atoms with Crippen molar-refractivity contribution in [3.8, 4) is 0 Å². The average molecular weight is 233 g/mol. The lowest BCUT2D eigenvalue weighted by atomic mass is 10.1. The number of nitrogens with zero attached hydrogens (tertiary/aromatic N) is 2. The lowest BCUT2D eigenvalue weighted by Crippen LogP contribution is -2.31. The number of hydrogen-bond donors (Lipinski definition) is 1. The predicted molar refractivity (Wildman–Crippen MR) is 67.6 cm³/mol. The van der Waals surface area contributed by atoms with E-state index in [9.17, 15) is 4.79 Å². The van der Waals surface area contributed by atoms with Gasteiger partial charge in [0.05, 0.1) is 5.56 Å². The smallest absolute Gasteiger partial charge is 0.255 e. The van der Waals surface area contributed by atoms with Crippen molar-refractivity contribution < 1.29 is 4.79 Å². The fourth-order valence-electron chi connectivity index (χ4n) is 2.42. The van der Waals surface area contributed by atoms with Crippen LogP contribution in [-0.2, 0) is 0 Å². The zero-order chi connectivity index (χ0) is 12.3. The molecule has 0 aliphatic heterocycles. The van der Waals surface area contributed by atoms with Gasteiger partial charge in [-0.2, -0.15) is 0 Å². The Kier molecular flexibility index (Phi) is 3.61. The standard InChI is InChI=1S/C13H19N3O/c1-16(9-10-4-2-3-5-10)13(17)11-6-7-12(14)15-8-11/h6-8,10H,2-5,9H2,1H3,(H2,14,15). The third-order valence-electron chi connectivity index (χ3n) is 3.39. The third kappa shape index (κ3) is 2.96. The van der Waals surface area contributed by atoms with Crippen molar-refractivity contribution in [2.45, 2.75) is 25.7 Å². The summed E-state index contributed by atoms with van der Waals surface area (Å²) in [6.45, 7) is 0.850. The molecule has 0 saturated heterocycles. The van der Waals surface area contributed by atoms with Gasteiger partial charge < -0.3 is 10.6 Å². The maximum Gasteiger partial charge on any atom is 0.255 e. The highest BCUT2D eigenvalue weighted by atomic mass is 16.2. The molecule has 1 aromatic heterocycles. The van der Waals surface area contributed by atoms with Gasteiger partial charge in [-0.3, -0.25) is 4.79 Å². The first-order valence-corrected chi connectivity index (χ1v) is 6.14. The molecule has 1 aromatic rings. The van der Waals surface area contributed by atoms with Crippen LogP contribution in [0.5, 0.6) is 0 Å². The van der Waals surface area contributed by atoms with E-state index in [0.717, 1.165) is 6.54 Å². The summed E-state index contributed by atoms with van der Waals surface area (Å²) in [5.74, 6) is 1.15. The number of aromatic nitrogens is 1. The van der Waals surface area contributed by atoms with Crippen LogP contribution in [0.2, 0.25) is 0 Å². The van der Waals surface area contributed by atoms with E-state index in [0.29, 0.717) is 17.3 Å². The summed E-state index contributed by atoms with van der Waals surface area (Å²) < 4.78 is 0. The Labute approximate surface area is 102 Å². The van der Waals surface area contributed by atoms with E-state index in [1.54, 1.807) is 23.2 Å². The molecule has 0 spiro atoms. The second-order valence-electron chi connectivity index (χ2n) is 4.81. The van der Waals surface area contributed by atoms with Crippen molar-refractivity contribution in [1.29, 1.82) is 0 Å². The molecular weight excluding hydrogens is 214 g/mol. The van der Waals surface area contributed by atoms with Gasteiger partial charge in [-0.05, 0) is 30.9 Å². The Morgan fingerprint density at radius 1 is 1.47 bits per heavy atom. The monoisotopic (exact) mass is 233 g/mol. The van der Waals surface area contributed by atoms with Crippen LogP contribution in [0.25, 0.3) is 0 Å². The topological polar surface area (TPSA) is 59.2 Å². The van der Waals surface area contributed by atoms with Crippen molar-refractivity contribution in [3.63, 3.8) is 0 Å². The van der Waals surface area contributed by atoms with E-state index in [1.165, 1.54) is 25.7 Å². The fourth-order valence-corrected chi connectivity index (χ4v) is 2.42. The van der Waals surface area contributed by atoms with Crippen molar-refractivity contribution in [2.75, 3.05) is 19.3 Å². The van der Waals surface area contributed by atoms with Crippen LogP contribution in [0.15, 0.2) is 18.3 Å². The van der Waals surface area contributed by atoms with Gasteiger partial charge in [0.25, 0.3) is 5.91 Å². The van der Waals surface area contributed by atoms with E-state index in [1.807, 2.05) is 7.05 Å². The largest absolute Gasteiger partial charge is 0.384 e. The van der Waals surface area contributed by atoms with Crippen LogP contribution in [0.4, 0.5) is 5.82 Å². The summed E-state index contributed by atoms with van der Waals surface area (Å²) in [7, 11) is 1.86. The maximum absolute atomic E-state index is 12.1. The van der Waals surface area contributed by atoms with Crippen LogP contribution >= 0.6 is 0 Å². The van der Waals surface area contributed by atoms with Gasteiger partial charge in [-0.25, -0.2) is 4.98 Å². The van der Waals surface area contributed by atoms with E-state index in [-0.39, 0.29) is 5.91 Å². The van der Waals surface area contributed by atoms with Crippen molar-refractivity contribution in [1.82, 2.24) is 9.88 Å². The Balaban J connectivity index is 1.96. The number of hydrogen-bond acceptors (Lipinski definition) is 3. The highest BCUT2D eigenvalue weighted by Crippen LogP contribution is 2.25. The van der Waals surface area contributed by atoms with Gasteiger partial charge >= 0.3 is 0 Å². The van der Waals surface area contributed by atoms with Gasteiger partial charge in [0.1, 0.15) is 5.82 Å². The van der Waals surface area contributed by atoms with Crippen LogP contribution in [0.1, 0.15) is 36.0 Å². The SMILES string of the molecule is CN(CC1CCCC1)C(=O)c1ccc(N)nc1. The van der Waals surface area contributed by atoms with Gasteiger partial charge in [0, 0.05) is 19.8 Å². The molecule has 4 heteroatoms. The molecule has 0 unspecified atom stereocenters. The summed E-state index contributed by atoms with van der Waals surface area (Å²) in [5.41, 5.74) is 6.11. The van der Waals surface area contributed by atoms with E-state index in [4.69, 9.17) is 5.73 Å². The molecule has 0 aromatic carbocycles. The first-order valence-electron chi connectivity index (χ1n) is 6.14. The van der Waals surface area contributed by atoms with Gasteiger partial charge in [-0.15, -0.1) is 0 Å². The average Bonchev–Trinajstić information content (AvgIpc) is 2.82. The van der Waals surface area contributed by atoms with Crippen LogP contribution < -0.4 is 5.73 Å². The first kappa shape index (κ1) is 11.9. The Morgan fingerprint density at radius 3 is 2.76 bits per heavy atom. The number of nitrogen functional groups attached to an aromatic ring is 1. The summed E-state index contributed by atoms with van der Waals surface area (Å²) in [6.07, 6.45) is 6.64. The molecule has 1 aliphatic carbocycles. The van der Waals surface area contributed by atoms with Gasteiger partial charge in [0.2, 0.25) is 0 Å². The summed E-state index contributed by atoms with van der Waals surface area (Å²) in [4.78, 5) is 17.8. The minimum absolute atomic E-state index is 0.0319. The Bertz CT molecular complexity index is 382. The lowest BCUT2D eigenvalue weighted by Gasteiger charge is -2.21. The van der Waals surface area contributed by atoms with E-state index in [2.05, 4.69) is 4.98 Å². The molecule has 2 rings (SSSR count). The van der Waals surface area contributed by atoms with E-state index >= 15 is 0 Å². The van der Waals surface area contributed by atoms with Crippen molar-refractivity contribution in [2.24, 2.45) is 5.92 Å². The second-order valence-corrected chi connectivity index (χ2v) is 4.81.